The molecule has 0 bridgehead atoms. The zero-order valence-electron chi connectivity index (χ0n) is 15.5. The molecule has 1 N–H and O–H groups in total. The first-order chi connectivity index (χ1) is 11.8. The number of piperidine rings is 1. The molecule has 0 radical (unpaired) electrons. The number of aliphatic hydroxyl groups is 1. The topological polar surface area (TPSA) is 80.5 Å². The lowest BCUT2D eigenvalue weighted by molar-refractivity contribution is -0.207. The monoisotopic (exact) mass is 350 g/mol. The zero-order chi connectivity index (χ0) is 18.1. The van der Waals surface area contributed by atoms with E-state index in [1.54, 1.807) is 12.7 Å². The van der Waals surface area contributed by atoms with E-state index in [-0.39, 0.29) is 29.1 Å². The van der Waals surface area contributed by atoms with E-state index in [0.717, 1.165) is 12.8 Å². The SMILES string of the molecule is CC(C)(C)[C@H]1C[C@@H](O)CC2(CCN(C(=O)CCn3cnnc3)CC2)O1. The van der Waals surface area contributed by atoms with E-state index in [2.05, 4.69) is 31.0 Å². The van der Waals surface area contributed by atoms with Crippen molar-refractivity contribution in [3.05, 3.63) is 12.7 Å². The third kappa shape index (κ3) is 4.39. The van der Waals surface area contributed by atoms with Gasteiger partial charge >= 0.3 is 0 Å². The van der Waals surface area contributed by atoms with Gasteiger partial charge in [0.1, 0.15) is 12.7 Å². The number of likely N-dealkylation sites (tertiary alicyclic amines) is 1. The van der Waals surface area contributed by atoms with E-state index in [4.69, 9.17) is 4.74 Å². The quantitative estimate of drug-likeness (QED) is 0.896. The highest BCUT2D eigenvalue weighted by Gasteiger charge is 2.46. The van der Waals surface area contributed by atoms with E-state index in [0.29, 0.717) is 38.9 Å². The fourth-order valence-electron chi connectivity index (χ4n) is 3.89. The third-order valence-electron chi connectivity index (χ3n) is 5.53. The molecule has 0 saturated carbocycles. The molecule has 2 fully saturated rings. The second-order valence-electron chi connectivity index (χ2n) is 8.58. The van der Waals surface area contributed by atoms with Gasteiger partial charge in [0.2, 0.25) is 5.91 Å². The van der Waals surface area contributed by atoms with Crippen molar-refractivity contribution in [1.82, 2.24) is 19.7 Å². The summed E-state index contributed by atoms with van der Waals surface area (Å²) in [4.78, 5) is 14.4. The van der Waals surface area contributed by atoms with Crippen LogP contribution in [0.2, 0.25) is 0 Å². The third-order valence-corrected chi connectivity index (χ3v) is 5.53. The Morgan fingerprint density at radius 1 is 1.28 bits per heavy atom. The van der Waals surface area contributed by atoms with Crippen molar-refractivity contribution >= 4 is 5.91 Å². The Labute approximate surface area is 149 Å². The van der Waals surface area contributed by atoms with Crippen LogP contribution in [0.15, 0.2) is 12.7 Å². The molecule has 1 spiro atoms. The van der Waals surface area contributed by atoms with Crippen molar-refractivity contribution in [3.63, 3.8) is 0 Å². The van der Waals surface area contributed by atoms with Crippen LogP contribution in [0.25, 0.3) is 0 Å². The van der Waals surface area contributed by atoms with E-state index in [1.807, 2.05) is 9.47 Å². The molecule has 25 heavy (non-hydrogen) atoms. The molecule has 140 valence electrons. The predicted molar refractivity (Wildman–Crippen MR) is 92.8 cm³/mol. The zero-order valence-corrected chi connectivity index (χ0v) is 15.5. The number of hydrogen-bond acceptors (Lipinski definition) is 5. The smallest absolute Gasteiger partial charge is 0.224 e. The Hall–Kier alpha value is -1.47. The number of aliphatic hydroxyl groups excluding tert-OH is 1. The minimum absolute atomic E-state index is 0.0141. The maximum atomic E-state index is 12.4. The van der Waals surface area contributed by atoms with Crippen LogP contribution < -0.4 is 0 Å². The number of ether oxygens (including phenoxy) is 1. The van der Waals surface area contributed by atoms with Gasteiger partial charge in [-0.3, -0.25) is 4.79 Å². The minimum Gasteiger partial charge on any atom is -0.393 e. The molecule has 2 aliphatic heterocycles. The molecule has 7 heteroatoms. The molecule has 0 aromatic carbocycles. The number of carbonyl (C=O) groups is 1. The van der Waals surface area contributed by atoms with Gasteiger partial charge < -0.3 is 19.3 Å². The van der Waals surface area contributed by atoms with Crippen molar-refractivity contribution in [1.29, 1.82) is 0 Å². The summed E-state index contributed by atoms with van der Waals surface area (Å²) in [6, 6.07) is 0. The van der Waals surface area contributed by atoms with Crippen molar-refractivity contribution in [2.75, 3.05) is 13.1 Å². The first kappa shape index (κ1) is 18.3. The van der Waals surface area contributed by atoms with Crippen LogP contribution >= 0.6 is 0 Å². The molecule has 2 aliphatic rings. The fourth-order valence-corrected chi connectivity index (χ4v) is 3.89. The molecular weight excluding hydrogens is 320 g/mol. The van der Waals surface area contributed by atoms with Crippen LogP contribution in [-0.2, 0) is 16.1 Å². The fraction of sp³-hybridized carbons (Fsp3) is 0.833. The Kier molecular flexibility index (Phi) is 5.16. The molecule has 2 saturated heterocycles. The average molecular weight is 350 g/mol. The van der Waals surface area contributed by atoms with Gasteiger partial charge in [0, 0.05) is 38.9 Å². The lowest BCUT2D eigenvalue weighted by Crippen LogP contribution is -2.55. The van der Waals surface area contributed by atoms with Gasteiger partial charge in [-0.05, 0) is 18.3 Å². The van der Waals surface area contributed by atoms with Crippen molar-refractivity contribution in [2.45, 2.75) is 77.2 Å². The van der Waals surface area contributed by atoms with E-state index < -0.39 is 0 Å². The maximum absolute atomic E-state index is 12.4. The summed E-state index contributed by atoms with van der Waals surface area (Å²) in [7, 11) is 0. The van der Waals surface area contributed by atoms with Crippen LogP contribution in [0.1, 0.15) is 52.9 Å². The lowest BCUT2D eigenvalue weighted by Gasteiger charge is -2.50. The Balaban J connectivity index is 1.54. The number of hydrogen-bond donors (Lipinski definition) is 1. The van der Waals surface area contributed by atoms with Crippen LogP contribution in [0.5, 0.6) is 0 Å². The summed E-state index contributed by atoms with van der Waals surface area (Å²) >= 11 is 0. The van der Waals surface area contributed by atoms with Gasteiger partial charge in [-0.2, -0.15) is 0 Å². The second kappa shape index (κ2) is 7.03. The molecule has 1 aromatic rings. The summed E-state index contributed by atoms with van der Waals surface area (Å²) in [5.74, 6) is 0.160. The largest absolute Gasteiger partial charge is 0.393 e. The predicted octanol–water partition coefficient (Wildman–Crippen LogP) is 1.62. The Morgan fingerprint density at radius 2 is 1.92 bits per heavy atom. The molecule has 0 aliphatic carbocycles. The standard InChI is InChI=1S/C18H30N4O3/c1-17(2,3)15-10-14(23)11-18(25-15)5-8-22(9-6-18)16(24)4-7-21-12-19-20-13-21/h12-15,23H,4-11H2,1-3H3/t14-,15-/m1/s1. The number of aryl methyl sites for hydroxylation is 1. The number of nitrogens with zero attached hydrogens (tertiary/aromatic N) is 4. The molecule has 3 heterocycles. The van der Waals surface area contributed by atoms with Crippen molar-refractivity contribution < 1.29 is 14.6 Å². The van der Waals surface area contributed by atoms with Crippen molar-refractivity contribution in [2.24, 2.45) is 5.41 Å². The molecule has 7 nitrogen and oxygen atoms in total. The second-order valence-corrected chi connectivity index (χ2v) is 8.58. The lowest BCUT2D eigenvalue weighted by atomic mass is 9.76. The summed E-state index contributed by atoms with van der Waals surface area (Å²) < 4.78 is 8.30. The number of carbonyl (C=O) groups excluding carboxylic acids is 1. The maximum Gasteiger partial charge on any atom is 0.224 e. The highest BCUT2D eigenvalue weighted by atomic mass is 16.5. The van der Waals surface area contributed by atoms with Gasteiger partial charge in [0.05, 0.1) is 17.8 Å². The highest BCUT2D eigenvalue weighted by molar-refractivity contribution is 5.76. The first-order valence-electron chi connectivity index (χ1n) is 9.23. The number of rotatable bonds is 3. The van der Waals surface area contributed by atoms with Crippen LogP contribution in [0.3, 0.4) is 0 Å². The Morgan fingerprint density at radius 3 is 2.52 bits per heavy atom. The number of aromatic nitrogens is 3. The molecule has 1 amide bonds. The summed E-state index contributed by atoms with van der Waals surface area (Å²) in [6.45, 7) is 8.48. The minimum atomic E-state index is -0.311. The molecular formula is C18H30N4O3. The molecule has 1 aromatic heterocycles. The number of amides is 1. The normalized spacial score (nSPS) is 26.8. The summed E-state index contributed by atoms with van der Waals surface area (Å²) in [6.07, 6.45) is 6.45. The van der Waals surface area contributed by atoms with Gasteiger partial charge in [-0.15, -0.1) is 10.2 Å². The van der Waals surface area contributed by atoms with Crippen LogP contribution in [-0.4, -0.2) is 61.6 Å². The van der Waals surface area contributed by atoms with Gasteiger partial charge in [0.15, 0.2) is 0 Å². The average Bonchev–Trinajstić information content (AvgIpc) is 3.05. The molecule has 0 unspecified atom stereocenters. The van der Waals surface area contributed by atoms with Gasteiger partial charge in [-0.1, -0.05) is 20.8 Å². The first-order valence-corrected chi connectivity index (χ1v) is 9.23. The molecule has 3 rings (SSSR count). The van der Waals surface area contributed by atoms with E-state index in [1.165, 1.54) is 0 Å². The van der Waals surface area contributed by atoms with E-state index in [9.17, 15) is 9.90 Å². The molecule has 2 atom stereocenters. The Bertz CT molecular complexity index is 574. The van der Waals surface area contributed by atoms with Crippen LogP contribution in [0, 0.1) is 5.41 Å². The van der Waals surface area contributed by atoms with Crippen molar-refractivity contribution in [3.8, 4) is 0 Å². The van der Waals surface area contributed by atoms with Crippen LogP contribution in [0.4, 0.5) is 0 Å². The van der Waals surface area contributed by atoms with Gasteiger partial charge in [0.25, 0.3) is 0 Å². The van der Waals surface area contributed by atoms with E-state index >= 15 is 0 Å². The highest BCUT2D eigenvalue weighted by Crippen LogP contribution is 2.42. The summed E-state index contributed by atoms with van der Waals surface area (Å²) in [5.41, 5.74) is -0.263. The van der Waals surface area contributed by atoms with Gasteiger partial charge in [-0.25, -0.2) is 0 Å². The summed E-state index contributed by atoms with van der Waals surface area (Å²) in [5, 5.41) is 17.9.